The Hall–Kier alpha value is -0.730. The zero-order valence-corrected chi connectivity index (χ0v) is 13.1. The maximum atomic E-state index is 6.09. The smallest absolute Gasteiger partial charge is 0.0426 e. The van der Waals surface area contributed by atoms with Gasteiger partial charge < -0.3 is 4.90 Å². The van der Waals surface area contributed by atoms with Gasteiger partial charge in [-0.25, -0.2) is 0 Å². The number of hydrogen-bond donors (Lipinski definition) is 0. The fourth-order valence-corrected chi connectivity index (χ4v) is 3.81. The third kappa shape index (κ3) is 3.29. The third-order valence-corrected chi connectivity index (χ3v) is 5.22. The van der Waals surface area contributed by atoms with E-state index in [1.165, 1.54) is 44.5 Å². The van der Waals surface area contributed by atoms with E-state index in [4.69, 9.17) is 11.6 Å². The van der Waals surface area contributed by atoms with Crippen molar-refractivity contribution in [1.29, 1.82) is 0 Å². The van der Waals surface area contributed by atoms with Crippen LogP contribution in [0.2, 0.25) is 5.02 Å². The molecular formula is C17H25ClN2. The molecule has 1 aliphatic heterocycles. The van der Waals surface area contributed by atoms with Gasteiger partial charge in [0.1, 0.15) is 0 Å². The van der Waals surface area contributed by atoms with E-state index in [0.717, 1.165) is 30.1 Å². The second-order valence-electron chi connectivity index (χ2n) is 6.42. The molecule has 0 atom stereocenters. The average molecular weight is 293 g/mol. The first-order valence-electron chi connectivity index (χ1n) is 7.97. The molecule has 3 rings (SSSR count). The lowest BCUT2D eigenvalue weighted by atomic mass is 9.86. The first-order valence-corrected chi connectivity index (χ1v) is 8.35. The van der Waals surface area contributed by atoms with E-state index < -0.39 is 0 Å². The Morgan fingerprint density at radius 3 is 2.35 bits per heavy atom. The lowest BCUT2D eigenvalue weighted by molar-refractivity contribution is 0.133. The zero-order valence-electron chi connectivity index (χ0n) is 12.4. The monoisotopic (exact) mass is 292 g/mol. The van der Waals surface area contributed by atoms with Crippen LogP contribution in [0, 0.1) is 5.92 Å². The third-order valence-electron chi connectivity index (χ3n) is 4.99. The van der Waals surface area contributed by atoms with Crippen molar-refractivity contribution in [2.24, 2.45) is 5.92 Å². The van der Waals surface area contributed by atoms with Crippen LogP contribution in [-0.4, -0.2) is 37.1 Å². The summed E-state index contributed by atoms with van der Waals surface area (Å²) in [4.78, 5) is 5.18. The normalized spacial score (nSPS) is 28.6. The van der Waals surface area contributed by atoms with Crippen molar-refractivity contribution in [3.8, 4) is 0 Å². The summed E-state index contributed by atoms with van der Waals surface area (Å²) in [7, 11) is 0. The summed E-state index contributed by atoms with van der Waals surface area (Å²) in [5, 5.41) is 0.839. The molecule has 0 radical (unpaired) electrons. The number of halogens is 1. The fourth-order valence-electron chi connectivity index (χ4n) is 3.63. The minimum Gasteiger partial charge on any atom is -0.369 e. The number of benzene rings is 1. The quantitative estimate of drug-likeness (QED) is 0.812. The maximum Gasteiger partial charge on any atom is 0.0426 e. The van der Waals surface area contributed by atoms with Gasteiger partial charge in [-0.15, -0.1) is 0 Å². The van der Waals surface area contributed by atoms with Gasteiger partial charge in [0.2, 0.25) is 0 Å². The van der Waals surface area contributed by atoms with E-state index in [2.05, 4.69) is 28.9 Å². The number of hydrogen-bond acceptors (Lipinski definition) is 2. The van der Waals surface area contributed by atoms with Crippen LogP contribution in [0.1, 0.15) is 32.6 Å². The van der Waals surface area contributed by atoms with Crippen molar-refractivity contribution in [3.63, 3.8) is 0 Å². The Balaban J connectivity index is 1.54. The molecule has 20 heavy (non-hydrogen) atoms. The molecule has 2 aliphatic rings. The van der Waals surface area contributed by atoms with Crippen LogP contribution in [0.15, 0.2) is 24.3 Å². The number of nitrogens with zero attached hydrogens (tertiary/aromatic N) is 2. The van der Waals surface area contributed by atoms with Gasteiger partial charge in [0.15, 0.2) is 0 Å². The van der Waals surface area contributed by atoms with Gasteiger partial charge in [0.25, 0.3) is 0 Å². The van der Waals surface area contributed by atoms with Gasteiger partial charge in [-0.1, -0.05) is 24.6 Å². The molecule has 1 saturated heterocycles. The van der Waals surface area contributed by atoms with Gasteiger partial charge in [-0.3, -0.25) is 4.90 Å². The molecular weight excluding hydrogens is 268 g/mol. The standard InChI is InChI=1S/C17H25ClN2/c1-14-5-7-16(8-6-14)19-9-11-20(12-10-19)17-4-2-3-15(18)13-17/h2-4,13-14,16H,5-12H2,1H3. The molecule has 0 bridgehead atoms. The average Bonchev–Trinajstić information content (AvgIpc) is 2.48. The van der Waals surface area contributed by atoms with Crippen molar-refractivity contribution >= 4 is 17.3 Å². The molecule has 1 aliphatic carbocycles. The van der Waals surface area contributed by atoms with Crippen LogP contribution in [0.25, 0.3) is 0 Å². The van der Waals surface area contributed by atoms with Crippen LogP contribution >= 0.6 is 11.6 Å². The molecule has 1 aromatic rings. The molecule has 0 aromatic heterocycles. The number of rotatable bonds is 2. The largest absolute Gasteiger partial charge is 0.369 e. The van der Waals surface area contributed by atoms with E-state index in [-0.39, 0.29) is 0 Å². The van der Waals surface area contributed by atoms with E-state index in [1.807, 2.05) is 12.1 Å². The summed E-state index contributed by atoms with van der Waals surface area (Å²) < 4.78 is 0. The van der Waals surface area contributed by atoms with E-state index in [9.17, 15) is 0 Å². The summed E-state index contributed by atoms with van der Waals surface area (Å²) in [6.07, 6.45) is 5.63. The minimum atomic E-state index is 0.839. The van der Waals surface area contributed by atoms with Crippen LogP contribution in [0.4, 0.5) is 5.69 Å². The summed E-state index contributed by atoms with van der Waals surface area (Å²) in [5.74, 6) is 0.944. The van der Waals surface area contributed by atoms with Crippen LogP contribution < -0.4 is 4.90 Å². The number of piperazine rings is 1. The van der Waals surface area contributed by atoms with Crippen LogP contribution in [0.5, 0.6) is 0 Å². The summed E-state index contributed by atoms with van der Waals surface area (Å²) in [6, 6.07) is 9.09. The Labute approximate surface area is 127 Å². The summed E-state index contributed by atoms with van der Waals surface area (Å²) in [5.41, 5.74) is 1.27. The minimum absolute atomic E-state index is 0.839. The molecule has 3 heteroatoms. The first kappa shape index (κ1) is 14.2. The lowest BCUT2D eigenvalue weighted by Gasteiger charge is -2.42. The molecule has 0 unspecified atom stereocenters. The summed E-state index contributed by atoms with van der Waals surface area (Å²) >= 11 is 6.09. The molecule has 2 nitrogen and oxygen atoms in total. The second-order valence-corrected chi connectivity index (χ2v) is 6.85. The Kier molecular flexibility index (Phi) is 4.52. The maximum absolute atomic E-state index is 6.09. The highest BCUT2D eigenvalue weighted by atomic mass is 35.5. The topological polar surface area (TPSA) is 6.48 Å². The van der Waals surface area contributed by atoms with Gasteiger partial charge >= 0.3 is 0 Å². The lowest BCUT2D eigenvalue weighted by Crippen LogP contribution is -2.51. The SMILES string of the molecule is CC1CCC(N2CCN(c3cccc(Cl)c3)CC2)CC1. The number of anilines is 1. The van der Waals surface area contributed by atoms with Crippen molar-refractivity contribution in [3.05, 3.63) is 29.3 Å². The highest BCUT2D eigenvalue weighted by molar-refractivity contribution is 6.30. The molecule has 1 aromatic carbocycles. The fraction of sp³-hybridized carbons (Fsp3) is 0.647. The highest BCUT2D eigenvalue weighted by Crippen LogP contribution is 2.28. The molecule has 2 fully saturated rings. The molecule has 0 amide bonds. The van der Waals surface area contributed by atoms with E-state index in [1.54, 1.807) is 0 Å². The Bertz CT molecular complexity index is 432. The predicted octanol–water partition coefficient (Wildman–Crippen LogP) is 4.04. The predicted molar refractivity (Wildman–Crippen MR) is 86.7 cm³/mol. The van der Waals surface area contributed by atoms with Gasteiger partial charge in [0, 0.05) is 42.9 Å². The molecule has 1 saturated carbocycles. The van der Waals surface area contributed by atoms with Crippen LogP contribution in [-0.2, 0) is 0 Å². The Morgan fingerprint density at radius 1 is 1.00 bits per heavy atom. The first-order chi connectivity index (χ1) is 9.72. The highest BCUT2D eigenvalue weighted by Gasteiger charge is 2.26. The molecule has 110 valence electrons. The molecule has 0 spiro atoms. The Morgan fingerprint density at radius 2 is 1.70 bits per heavy atom. The molecule has 0 N–H and O–H groups in total. The van der Waals surface area contributed by atoms with Gasteiger partial charge in [-0.2, -0.15) is 0 Å². The van der Waals surface area contributed by atoms with Gasteiger partial charge in [0.05, 0.1) is 0 Å². The van der Waals surface area contributed by atoms with Crippen molar-refractivity contribution < 1.29 is 0 Å². The van der Waals surface area contributed by atoms with E-state index in [0.29, 0.717) is 0 Å². The van der Waals surface area contributed by atoms with Crippen molar-refractivity contribution in [2.75, 3.05) is 31.1 Å². The van der Waals surface area contributed by atoms with Crippen LogP contribution in [0.3, 0.4) is 0 Å². The van der Waals surface area contributed by atoms with Crippen molar-refractivity contribution in [2.45, 2.75) is 38.6 Å². The summed E-state index contributed by atoms with van der Waals surface area (Å²) in [6.45, 7) is 7.06. The van der Waals surface area contributed by atoms with Crippen molar-refractivity contribution in [1.82, 2.24) is 4.90 Å². The van der Waals surface area contributed by atoms with Gasteiger partial charge in [-0.05, 0) is 49.8 Å². The second kappa shape index (κ2) is 6.36. The zero-order chi connectivity index (χ0) is 13.9. The van der Waals surface area contributed by atoms with E-state index >= 15 is 0 Å². The molecule has 1 heterocycles.